The number of furan rings is 1. The van der Waals surface area contributed by atoms with E-state index >= 15 is 0 Å². The molecule has 0 N–H and O–H groups in total. The Balaban J connectivity index is 2.73. The minimum atomic E-state index is 0.583. The molecule has 0 saturated carbocycles. The first-order valence-corrected chi connectivity index (χ1v) is 4.67. The predicted octanol–water partition coefficient (Wildman–Crippen LogP) is 3.86. The highest BCUT2D eigenvalue weighted by Crippen LogP contribution is 2.27. The fraction of sp³-hybridized carbons (Fsp3) is 0.333. The number of fused-ring (bicyclic) bond motifs is 1. The molecule has 0 unspecified atom stereocenters. The number of benzene rings is 1. The van der Waals surface area contributed by atoms with E-state index in [9.17, 15) is 0 Å². The fourth-order valence-electron chi connectivity index (χ4n) is 1.83. The van der Waals surface area contributed by atoms with Crippen LogP contribution in [0.1, 0.15) is 30.9 Å². The average molecular weight is 174 g/mol. The number of aryl methyl sites for hydroxylation is 1. The minimum Gasteiger partial charge on any atom is -0.464 e. The smallest absolute Gasteiger partial charge is 0.134 e. The van der Waals surface area contributed by atoms with E-state index in [2.05, 4.69) is 32.9 Å². The van der Waals surface area contributed by atoms with Gasteiger partial charge in [-0.3, -0.25) is 0 Å². The molecule has 0 aliphatic heterocycles. The van der Waals surface area contributed by atoms with E-state index in [1.165, 1.54) is 16.5 Å². The van der Waals surface area contributed by atoms with Gasteiger partial charge in [-0.1, -0.05) is 19.9 Å². The summed E-state index contributed by atoms with van der Waals surface area (Å²) in [5.74, 6) is 0.583. The molecule has 0 radical (unpaired) electrons. The van der Waals surface area contributed by atoms with Crippen LogP contribution in [0.5, 0.6) is 0 Å². The molecule has 0 spiro atoms. The molecular weight excluding hydrogens is 160 g/mol. The van der Waals surface area contributed by atoms with Crippen LogP contribution in [0.2, 0.25) is 0 Å². The molecule has 0 saturated heterocycles. The van der Waals surface area contributed by atoms with Crippen LogP contribution >= 0.6 is 0 Å². The van der Waals surface area contributed by atoms with Gasteiger partial charge in [0.25, 0.3) is 0 Å². The standard InChI is InChI=1S/C12H14O/c1-8(2)10-4-5-12-11(9(10)3)6-7-13-12/h4-8H,1-3H3. The molecule has 1 nitrogen and oxygen atoms in total. The summed E-state index contributed by atoms with van der Waals surface area (Å²) < 4.78 is 5.33. The zero-order valence-electron chi connectivity index (χ0n) is 8.29. The molecule has 1 heterocycles. The van der Waals surface area contributed by atoms with Crippen LogP contribution in [0.15, 0.2) is 28.9 Å². The monoisotopic (exact) mass is 174 g/mol. The summed E-state index contributed by atoms with van der Waals surface area (Å²) in [4.78, 5) is 0. The molecule has 2 aromatic rings. The second kappa shape index (κ2) is 2.91. The fourth-order valence-corrected chi connectivity index (χ4v) is 1.83. The third-order valence-electron chi connectivity index (χ3n) is 2.57. The quantitative estimate of drug-likeness (QED) is 0.639. The van der Waals surface area contributed by atoms with Crippen molar-refractivity contribution in [1.82, 2.24) is 0 Å². The van der Waals surface area contributed by atoms with Crippen LogP contribution in [-0.2, 0) is 0 Å². The van der Waals surface area contributed by atoms with Crippen LogP contribution < -0.4 is 0 Å². The highest BCUT2D eigenvalue weighted by molar-refractivity contribution is 5.82. The van der Waals surface area contributed by atoms with Crippen LogP contribution in [0, 0.1) is 6.92 Å². The van der Waals surface area contributed by atoms with Gasteiger partial charge < -0.3 is 4.42 Å². The minimum absolute atomic E-state index is 0.583. The van der Waals surface area contributed by atoms with Gasteiger partial charge >= 0.3 is 0 Å². The van der Waals surface area contributed by atoms with Gasteiger partial charge in [-0.05, 0) is 36.1 Å². The van der Waals surface area contributed by atoms with Crippen molar-refractivity contribution in [3.8, 4) is 0 Å². The van der Waals surface area contributed by atoms with Crippen molar-refractivity contribution in [2.75, 3.05) is 0 Å². The second-order valence-electron chi connectivity index (χ2n) is 3.77. The summed E-state index contributed by atoms with van der Waals surface area (Å²) in [5.41, 5.74) is 3.75. The van der Waals surface area contributed by atoms with E-state index in [0.29, 0.717) is 5.92 Å². The molecule has 0 amide bonds. The van der Waals surface area contributed by atoms with E-state index in [0.717, 1.165) is 5.58 Å². The summed E-state index contributed by atoms with van der Waals surface area (Å²) in [5, 5.41) is 1.24. The highest BCUT2D eigenvalue weighted by Gasteiger charge is 2.07. The molecule has 2 rings (SSSR count). The Morgan fingerprint density at radius 2 is 1.92 bits per heavy atom. The number of hydrogen-bond donors (Lipinski definition) is 0. The topological polar surface area (TPSA) is 13.1 Å². The van der Waals surface area contributed by atoms with Gasteiger partial charge in [0.1, 0.15) is 5.58 Å². The summed E-state index contributed by atoms with van der Waals surface area (Å²) in [6.45, 7) is 6.59. The predicted molar refractivity (Wildman–Crippen MR) is 55.0 cm³/mol. The van der Waals surface area contributed by atoms with Crippen LogP contribution in [-0.4, -0.2) is 0 Å². The van der Waals surface area contributed by atoms with Crippen molar-refractivity contribution in [2.24, 2.45) is 0 Å². The molecule has 1 aromatic heterocycles. The summed E-state index contributed by atoms with van der Waals surface area (Å²) >= 11 is 0. The largest absolute Gasteiger partial charge is 0.464 e. The molecule has 0 bridgehead atoms. The molecule has 1 aromatic carbocycles. The lowest BCUT2D eigenvalue weighted by Gasteiger charge is -2.09. The Morgan fingerprint density at radius 1 is 1.15 bits per heavy atom. The maximum absolute atomic E-state index is 5.33. The van der Waals surface area contributed by atoms with Crippen molar-refractivity contribution in [3.05, 3.63) is 35.6 Å². The van der Waals surface area contributed by atoms with E-state index in [-0.39, 0.29) is 0 Å². The van der Waals surface area contributed by atoms with Crippen LogP contribution in [0.3, 0.4) is 0 Å². The summed E-state index contributed by atoms with van der Waals surface area (Å²) in [7, 11) is 0. The van der Waals surface area contributed by atoms with E-state index in [1.807, 2.05) is 6.07 Å². The van der Waals surface area contributed by atoms with Crippen LogP contribution in [0.4, 0.5) is 0 Å². The normalized spacial score (nSPS) is 11.4. The molecular formula is C12H14O. The van der Waals surface area contributed by atoms with Crippen molar-refractivity contribution in [2.45, 2.75) is 26.7 Å². The SMILES string of the molecule is Cc1c(C(C)C)ccc2occc12. The van der Waals surface area contributed by atoms with Gasteiger partial charge in [-0.2, -0.15) is 0 Å². The molecule has 1 heteroatoms. The Morgan fingerprint density at radius 3 is 2.62 bits per heavy atom. The molecule has 0 aliphatic rings. The Kier molecular flexibility index (Phi) is 1.87. The van der Waals surface area contributed by atoms with Crippen molar-refractivity contribution < 1.29 is 4.42 Å². The van der Waals surface area contributed by atoms with Gasteiger partial charge in [0, 0.05) is 5.39 Å². The van der Waals surface area contributed by atoms with Gasteiger partial charge in [0.2, 0.25) is 0 Å². The first kappa shape index (κ1) is 8.36. The lowest BCUT2D eigenvalue weighted by atomic mass is 9.96. The van der Waals surface area contributed by atoms with Crippen LogP contribution in [0.25, 0.3) is 11.0 Å². The van der Waals surface area contributed by atoms with E-state index in [1.54, 1.807) is 6.26 Å². The summed E-state index contributed by atoms with van der Waals surface area (Å²) in [6.07, 6.45) is 1.75. The van der Waals surface area contributed by atoms with Crippen molar-refractivity contribution in [3.63, 3.8) is 0 Å². The molecule has 0 aliphatic carbocycles. The maximum Gasteiger partial charge on any atom is 0.134 e. The Labute approximate surface area is 78.4 Å². The Hall–Kier alpha value is -1.24. The third-order valence-corrected chi connectivity index (χ3v) is 2.57. The molecule has 0 atom stereocenters. The van der Waals surface area contributed by atoms with Gasteiger partial charge in [-0.25, -0.2) is 0 Å². The Bertz CT molecular complexity index is 424. The highest BCUT2D eigenvalue weighted by atomic mass is 16.3. The molecule has 0 fully saturated rings. The van der Waals surface area contributed by atoms with Crippen molar-refractivity contribution >= 4 is 11.0 Å². The maximum atomic E-state index is 5.33. The van der Waals surface area contributed by atoms with Crippen molar-refractivity contribution in [1.29, 1.82) is 0 Å². The average Bonchev–Trinajstić information content (AvgIpc) is 2.52. The second-order valence-corrected chi connectivity index (χ2v) is 3.77. The third kappa shape index (κ3) is 1.24. The van der Waals surface area contributed by atoms with Gasteiger partial charge in [0.15, 0.2) is 0 Å². The molecule has 68 valence electrons. The van der Waals surface area contributed by atoms with Gasteiger partial charge in [0.05, 0.1) is 6.26 Å². The number of hydrogen-bond acceptors (Lipinski definition) is 1. The first-order chi connectivity index (χ1) is 6.20. The number of rotatable bonds is 1. The molecule has 13 heavy (non-hydrogen) atoms. The van der Waals surface area contributed by atoms with E-state index < -0.39 is 0 Å². The lowest BCUT2D eigenvalue weighted by molar-refractivity contribution is 0.615. The van der Waals surface area contributed by atoms with Gasteiger partial charge in [-0.15, -0.1) is 0 Å². The zero-order valence-corrected chi connectivity index (χ0v) is 8.29. The lowest BCUT2D eigenvalue weighted by Crippen LogP contribution is -1.91. The summed E-state index contributed by atoms with van der Waals surface area (Å²) in [6, 6.07) is 6.25. The first-order valence-electron chi connectivity index (χ1n) is 4.67. The zero-order chi connectivity index (χ0) is 9.42. The van der Waals surface area contributed by atoms with E-state index in [4.69, 9.17) is 4.42 Å².